The highest BCUT2D eigenvalue weighted by atomic mass is 19.4. The van der Waals surface area contributed by atoms with Crippen molar-refractivity contribution in [2.75, 3.05) is 40.5 Å². The summed E-state index contributed by atoms with van der Waals surface area (Å²) in [4.78, 5) is 22.1. The van der Waals surface area contributed by atoms with Crippen molar-refractivity contribution in [3.05, 3.63) is 17.5 Å². The average molecular weight is 436 g/mol. The van der Waals surface area contributed by atoms with Gasteiger partial charge in [0, 0.05) is 40.1 Å². The molecular formula is C18H27F3N4O5. The van der Waals surface area contributed by atoms with Crippen molar-refractivity contribution in [3.8, 4) is 0 Å². The van der Waals surface area contributed by atoms with Gasteiger partial charge in [0.25, 0.3) is 0 Å². The Morgan fingerprint density at radius 1 is 1.30 bits per heavy atom. The van der Waals surface area contributed by atoms with Crippen molar-refractivity contribution in [3.63, 3.8) is 0 Å². The van der Waals surface area contributed by atoms with E-state index < -0.39 is 12.1 Å². The minimum Gasteiger partial charge on any atom is -0.475 e. The van der Waals surface area contributed by atoms with Gasteiger partial charge in [0.1, 0.15) is 6.10 Å². The molecule has 0 radical (unpaired) electrons. The zero-order valence-electron chi connectivity index (χ0n) is 16.9. The number of nitrogens with one attached hydrogen (secondary N) is 1. The number of ether oxygens (including phenoxy) is 2. The van der Waals surface area contributed by atoms with E-state index in [1.54, 1.807) is 14.1 Å². The van der Waals surface area contributed by atoms with Crippen LogP contribution in [0.2, 0.25) is 0 Å². The third-order valence-corrected chi connectivity index (χ3v) is 4.74. The van der Waals surface area contributed by atoms with Crippen LogP contribution < -0.4 is 5.32 Å². The quantitative estimate of drug-likeness (QED) is 0.746. The highest BCUT2D eigenvalue weighted by Gasteiger charge is 2.38. The maximum absolute atomic E-state index is 11.7. The smallest absolute Gasteiger partial charge is 0.475 e. The second kappa shape index (κ2) is 10.6. The van der Waals surface area contributed by atoms with Gasteiger partial charge < -0.3 is 24.8 Å². The Hall–Kier alpha value is -2.34. The normalized spacial score (nSPS) is 19.3. The zero-order chi connectivity index (χ0) is 22.3. The van der Waals surface area contributed by atoms with E-state index in [2.05, 4.69) is 16.2 Å². The van der Waals surface area contributed by atoms with Crippen molar-refractivity contribution in [1.29, 1.82) is 0 Å². The van der Waals surface area contributed by atoms with Gasteiger partial charge in [-0.05, 0) is 30.7 Å². The van der Waals surface area contributed by atoms with Crippen LogP contribution in [0.3, 0.4) is 0 Å². The molecule has 12 heteroatoms. The van der Waals surface area contributed by atoms with Crippen LogP contribution in [0.4, 0.5) is 18.0 Å². The van der Waals surface area contributed by atoms with E-state index >= 15 is 0 Å². The number of nitrogens with zero attached hydrogens (tertiary/aromatic N) is 3. The molecule has 0 spiro atoms. The fraction of sp³-hybridized carbons (Fsp3) is 0.722. The Morgan fingerprint density at radius 3 is 2.50 bits per heavy atom. The molecule has 2 aliphatic heterocycles. The summed E-state index contributed by atoms with van der Waals surface area (Å²) < 4.78 is 45.0. The number of carbonyl (C=O) groups is 2. The first kappa shape index (κ1) is 23.9. The third kappa shape index (κ3) is 7.17. The Morgan fingerprint density at radius 2 is 1.93 bits per heavy atom. The number of amides is 2. The maximum Gasteiger partial charge on any atom is 0.490 e. The first-order valence-corrected chi connectivity index (χ1v) is 9.58. The van der Waals surface area contributed by atoms with Gasteiger partial charge >= 0.3 is 18.2 Å². The fourth-order valence-corrected chi connectivity index (χ4v) is 3.11. The summed E-state index contributed by atoms with van der Waals surface area (Å²) in [5, 5.41) is 14.7. The molecular weight excluding hydrogens is 409 g/mol. The van der Waals surface area contributed by atoms with Crippen LogP contribution in [0.15, 0.2) is 6.20 Å². The van der Waals surface area contributed by atoms with Crippen LogP contribution in [0.25, 0.3) is 0 Å². The van der Waals surface area contributed by atoms with E-state index in [-0.39, 0.29) is 12.1 Å². The fourth-order valence-electron chi connectivity index (χ4n) is 3.11. The van der Waals surface area contributed by atoms with Crippen LogP contribution >= 0.6 is 0 Å². The van der Waals surface area contributed by atoms with E-state index in [9.17, 15) is 18.0 Å². The van der Waals surface area contributed by atoms with Crippen molar-refractivity contribution >= 4 is 12.0 Å². The number of aliphatic carboxylic acids is 1. The van der Waals surface area contributed by atoms with E-state index in [0.29, 0.717) is 19.1 Å². The summed E-state index contributed by atoms with van der Waals surface area (Å²) in [5.74, 6) is -2.12. The summed E-state index contributed by atoms with van der Waals surface area (Å²) in [5.41, 5.74) is 2.22. The number of carbonyl (C=O) groups excluding carboxylic acids is 1. The first-order valence-electron chi connectivity index (χ1n) is 9.58. The van der Waals surface area contributed by atoms with Crippen molar-refractivity contribution in [2.24, 2.45) is 5.92 Å². The highest BCUT2D eigenvalue weighted by molar-refractivity contribution is 5.73. The zero-order valence-corrected chi connectivity index (χ0v) is 16.9. The van der Waals surface area contributed by atoms with Gasteiger partial charge in [-0.15, -0.1) is 0 Å². The minimum atomic E-state index is -5.08. The van der Waals surface area contributed by atoms with Gasteiger partial charge in [0.05, 0.1) is 18.8 Å². The Bertz CT molecular complexity index is 717. The standard InChI is InChI=1S/C16H26N4O3.C2HF3O2/c1-19(2)16(21)17-9-14-15-13(5-8-23-14)11-20(18-15)10-12-3-6-22-7-4-12;3-2(4,5)1(6)7/h11-12,14H,3-10H2,1-2H3,(H,17,21);(H,6,7). The number of rotatable bonds is 4. The molecule has 30 heavy (non-hydrogen) atoms. The molecule has 0 saturated carbocycles. The maximum atomic E-state index is 11.7. The summed E-state index contributed by atoms with van der Waals surface area (Å²) in [6.45, 7) is 3.78. The van der Waals surface area contributed by atoms with Crippen molar-refractivity contribution < 1.29 is 37.3 Å². The molecule has 1 aromatic heterocycles. The monoisotopic (exact) mass is 436 g/mol. The van der Waals surface area contributed by atoms with Gasteiger partial charge in [0.15, 0.2) is 0 Å². The summed E-state index contributed by atoms with van der Waals surface area (Å²) in [6.07, 6.45) is 0.000694. The number of halogens is 3. The van der Waals surface area contributed by atoms with E-state index in [0.717, 1.165) is 44.7 Å². The molecule has 9 nitrogen and oxygen atoms in total. The highest BCUT2D eigenvalue weighted by Crippen LogP contribution is 2.26. The third-order valence-electron chi connectivity index (χ3n) is 4.74. The molecule has 2 N–H and O–H groups in total. The molecule has 1 saturated heterocycles. The minimum absolute atomic E-state index is 0.109. The van der Waals surface area contributed by atoms with E-state index in [4.69, 9.17) is 24.5 Å². The molecule has 1 aromatic rings. The lowest BCUT2D eigenvalue weighted by Crippen LogP contribution is -2.38. The molecule has 0 aliphatic carbocycles. The first-order chi connectivity index (χ1) is 14.1. The predicted molar refractivity (Wildman–Crippen MR) is 98.9 cm³/mol. The van der Waals surface area contributed by atoms with E-state index in [1.165, 1.54) is 10.5 Å². The molecule has 0 bridgehead atoms. The number of fused-ring (bicyclic) bond motifs is 1. The summed E-state index contributed by atoms with van der Waals surface area (Å²) in [7, 11) is 3.45. The molecule has 1 fully saturated rings. The van der Waals surface area contributed by atoms with Crippen LogP contribution in [-0.4, -0.2) is 78.4 Å². The molecule has 3 heterocycles. The van der Waals surface area contributed by atoms with Gasteiger partial charge in [-0.3, -0.25) is 4.68 Å². The number of carboxylic acid groups (broad SMARTS) is 1. The Balaban J connectivity index is 0.000000396. The lowest BCUT2D eigenvalue weighted by atomic mass is 10.0. The predicted octanol–water partition coefficient (Wildman–Crippen LogP) is 1.83. The molecule has 2 amide bonds. The number of hydrogen-bond donors (Lipinski definition) is 2. The summed E-state index contributed by atoms with van der Waals surface area (Å²) >= 11 is 0. The van der Waals surface area contributed by atoms with Crippen LogP contribution in [-0.2, 0) is 27.2 Å². The molecule has 2 aliphatic rings. The van der Waals surface area contributed by atoms with Crippen LogP contribution in [0.5, 0.6) is 0 Å². The van der Waals surface area contributed by atoms with Gasteiger partial charge in [0.2, 0.25) is 0 Å². The van der Waals surface area contributed by atoms with Crippen LogP contribution in [0.1, 0.15) is 30.2 Å². The second-order valence-corrected chi connectivity index (χ2v) is 7.31. The number of urea groups is 1. The number of hydrogen-bond acceptors (Lipinski definition) is 5. The average Bonchev–Trinajstić information content (AvgIpc) is 3.09. The largest absolute Gasteiger partial charge is 0.490 e. The Kier molecular flexibility index (Phi) is 8.47. The molecule has 1 unspecified atom stereocenters. The number of aromatic nitrogens is 2. The van der Waals surface area contributed by atoms with Crippen LogP contribution in [0, 0.1) is 5.92 Å². The van der Waals surface area contributed by atoms with Gasteiger partial charge in [-0.1, -0.05) is 0 Å². The van der Waals surface area contributed by atoms with Gasteiger partial charge in [-0.2, -0.15) is 18.3 Å². The topological polar surface area (TPSA) is 106 Å². The Labute approximate surface area is 172 Å². The molecule has 170 valence electrons. The van der Waals surface area contributed by atoms with Gasteiger partial charge in [-0.25, -0.2) is 9.59 Å². The summed E-state index contributed by atoms with van der Waals surface area (Å²) in [6, 6.07) is -0.109. The number of carboxylic acids is 1. The van der Waals surface area contributed by atoms with Crippen molar-refractivity contribution in [1.82, 2.24) is 20.0 Å². The number of alkyl halides is 3. The molecule has 1 atom stereocenters. The van der Waals surface area contributed by atoms with E-state index in [1.807, 2.05) is 0 Å². The lowest BCUT2D eigenvalue weighted by Gasteiger charge is -2.23. The van der Waals surface area contributed by atoms with Crippen molar-refractivity contribution in [2.45, 2.75) is 38.1 Å². The molecule has 3 rings (SSSR count). The lowest BCUT2D eigenvalue weighted by molar-refractivity contribution is -0.192. The SMILES string of the molecule is CN(C)C(=O)NCC1OCCc2cn(CC3CCOCC3)nc21.O=C(O)C(F)(F)F. The molecule has 0 aromatic carbocycles. The second-order valence-electron chi connectivity index (χ2n) is 7.31.